The highest BCUT2D eigenvalue weighted by Crippen LogP contribution is 2.42. The van der Waals surface area contributed by atoms with Crippen molar-refractivity contribution >= 4 is 46.6 Å². The lowest BCUT2D eigenvalue weighted by atomic mass is 10.0. The van der Waals surface area contributed by atoms with Gasteiger partial charge in [0.25, 0.3) is 5.91 Å². The first-order valence-corrected chi connectivity index (χ1v) is 11.6. The minimum absolute atomic E-state index is 0.0860. The predicted octanol–water partition coefficient (Wildman–Crippen LogP) is 6.49. The highest BCUT2D eigenvalue weighted by Gasteiger charge is 2.34. The van der Waals surface area contributed by atoms with Gasteiger partial charge in [-0.1, -0.05) is 49.7 Å². The van der Waals surface area contributed by atoms with Crippen molar-refractivity contribution in [2.24, 2.45) is 0 Å². The molecule has 1 fully saturated rings. The van der Waals surface area contributed by atoms with E-state index < -0.39 is 0 Å². The van der Waals surface area contributed by atoms with Crippen LogP contribution in [0.25, 0.3) is 0 Å². The number of anilines is 2. The summed E-state index contributed by atoms with van der Waals surface area (Å²) in [7, 11) is 0. The molecule has 4 rings (SSSR count). The summed E-state index contributed by atoms with van der Waals surface area (Å²) in [6, 6.07) is 22.6. The second kappa shape index (κ2) is 9.16. The van der Waals surface area contributed by atoms with Crippen molar-refractivity contribution in [2.75, 3.05) is 16.0 Å². The third-order valence-electron chi connectivity index (χ3n) is 5.24. The second-order valence-corrected chi connectivity index (χ2v) is 9.26. The molecular weight excluding hydrogens is 428 g/mol. The number of hydrogen-bond donors (Lipinski definition) is 1. The van der Waals surface area contributed by atoms with Crippen molar-refractivity contribution in [1.29, 1.82) is 0 Å². The van der Waals surface area contributed by atoms with Crippen LogP contribution in [0.2, 0.25) is 5.02 Å². The normalized spacial score (nSPS) is 16.1. The van der Waals surface area contributed by atoms with Gasteiger partial charge in [-0.2, -0.15) is 0 Å². The number of nitrogens with one attached hydrogen (secondary N) is 1. The van der Waals surface area contributed by atoms with Crippen LogP contribution in [0.1, 0.15) is 46.6 Å². The molecule has 3 aromatic rings. The maximum absolute atomic E-state index is 12.7. The van der Waals surface area contributed by atoms with Gasteiger partial charge in [0.15, 0.2) is 0 Å². The van der Waals surface area contributed by atoms with Crippen LogP contribution in [0.15, 0.2) is 72.8 Å². The standard InChI is InChI=1S/C25H23ClN2O2S/c1-16(2)17-8-12-22(13-9-17)28-23(29)15-31-25(28)19-4-3-5-21(14-19)27-24(30)18-6-10-20(26)11-7-18/h3-14,16,25H,15H2,1-2H3,(H,27,30)/t25-/m1/s1. The van der Waals surface area contributed by atoms with Gasteiger partial charge in [-0.3, -0.25) is 14.5 Å². The molecule has 1 heterocycles. The van der Waals surface area contributed by atoms with Crippen LogP contribution in [-0.4, -0.2) is 17.6 Å². The van der Waals surface area contributed by atoms with Crippen LogP contribution >= 0.6 is 23.4 Å². The first-order valence-electron chi connectivity index (χ1n) is 10.1. The van der Waals surface area contributed by atoms with Crippen molar-refractivity contribution in [3.8, 4) is 0 Å². The van der Waals surface area contributed by atoms with Crippen molar-refractivity contribution in [3.05, 3.63) is 94.5 Å². The van der Waals surface area contributed by atoms with E-state index in [1.165, 1.54) is 5.56 Å². The van der Waals surface area contributed by atoms with Crippen LogP contribution in [0.4, 0.5) is 11.4 Å². The molecule has 0 spiro atoms. The van der Waals surface area contributed by atoms with Gasteiger partial charge in [-0.05, 0) is 65.6 Å². The number of carbonyl (C=O) groups excluding carboxylic acids is 2. The SMILES string of the molecule is CC(C)c1ccc(N2C(=O)CS[C@@H]2c2cccc(NC(=O)c3ccc(Cl)cc3)c2)cc1. The Hall–Kier alpha value is -2.76. The molecule has 0 radical (unpaired) electrons. The van der Waals surface area contributed by atoms with E-state index in [1.807, 2.05) is 41.3 Å². The third kappa shape index (κ3) is 4.78. The summed E-state index contributed by atoms with van der Waals surface area (Å²) in [5.74, 6) is 0.750. The monoisotopic (exact) mass is 450 g/mol. The fraction of sp³-hybridized carbons (Fsp3) is 0.200. The minimum Gasteiger partial charge on any atom is -0.322 e. The molecule has 0 aliphatic carbocycles. The number of thioether (sulfide) groups is 1. The highest BCUT2D eigenvalue weighted by atomic mass is 35.5. The lowest BCUT2D eigenvalue weighted by Crippen LogP contribution is -2.27. The van der Waals surface area contributed by atoms with Crippen LogP contribution in [0, 0.1) is 0 Å². The Morgan fingerprint density at radius 3 is 2.45 bits per heavy atom. The Balaban J connectivity index is 1.56. The first kappa shape index (κ1) is 21.5. The summed E-state index contributed by atoms with van der Waals surface area (Å²) in [5, 5.41) is 3.38. The molecule has 0 unspecified atom stereocenters. The number of rotatable bonds is 5. The van der Waals surface area contributed by atoms with Crippen molar-refractivity contribution < 1.29 is 9.59 Å². The van der Waals surface area contributed by atoms with Crippen LogP contribution in [-0.2, 0) is 4.79 Å². The van der Waals surface area contributed by atoms with Crippen LogP contribution in [0.3, 0.4) is 0 Å². The number of carbonyl (C=O) groups is 2. The summed E-state index contributed by atoms with van der Waals surface area (Å²) in [4.78, 5) is 27.1. The Morgan fingerprint density at radius 2 is 1.77 bits per heavy atom. The molecule has 0 bridgehead atoms. The van der Waals surface area contributed by atoms with Gasteiger partial charge in [0.1, 0.15) is 5.37 Å². The van der Waals surface area contributed by atoms with Gasteiger partial charge in [0.2, 0.25) is 5.91 Å². The molecule has 4 nitrogen and oxygen atoms in total. The fourth-order valence-electron chi connectivity index (χ4n) is 3.54. The van der Waals surface area contributed by atoms with Gasteiger partial charge < -0.3 is 5.32 Å². The summed E-state index contributed by atoms with van der Waals surface area (Å²) in [5.41, 5.74) is 4.32. The van der Waals surface area contributed by atoms with E-state index in [9.17, 15) is 9.59 Å². The molecule has 0 saturated carbocycles. The largest absolute Gasteiger partial charge is 0.322 e. The highest BCUT2D eigenvalue weighted by molar-refractivity contribution is 8.00. The van der Waals surface area contributed by atoms with Crippen molar-refractivity contribution in [3.63, 3.8) is 0 Å². The van der Waals surface area contributed by atoms with Crippen molar-refractivity contribution in [2.45, 2.75) is 25.1 Å². The molecule has 1 aliphatic heterocycles. The molecular formula is C25H23ClN2O2S. The maximum atomic E-state index is 12.7. The first-order chi connectivity index (χ1) is 14.9. The van der Waals surface area contributed by atoms with E-state index >= 15 is 0 Å². The maximum Gasteiger partial charge on any atom is 0.255 e. The molecule has 31 heavy (non-hydrogen) atoms. The van der Waals surface area contributed by atoms with Gasteiger partial charge >= 0.3 is 0 Å². The predicted molar refractivity (Wildman–Crippen MR) is 129 cm³/mol. The van der Waals surface area contributed by atoms with E-state index in [2.05, 4.69) is 31.3 Å². The lowest BCUT2D eigenvalue weighted by Gasteiger charge is -2.25. The molecule has 158 valence electrons. The van der Waals surface area contributed by atoms with Crippen LogP contribution in [0.5, 0.6) is 0 Å². The Morgan fingerprint density at radius 1 is 1.06 bits per heavy atom. The zero-order chi connectivity index (χ0) is 22.0. The lowest BCUT2D eigenvalue weighted by molar-refractivity contribution is -0.115. The molecule has 2 amide bonds. The van der Waals surface area contributed by atoms with E-state index in [0.717, 1.165) is 11.3 Å². The van der Waals surface area contributed by atoms with E-state index in [4.69, 9.17) is 11.6 Å². The average molecular weight is 451 g/mol. The number of halogens is 1. The Bertz CT molecular complexity index is 1100. The molecule has 1 N–H and O–H groups in total. The van der Waals surface area contributed by atoms with E-state index in [-0.39, 0.29) is 17.2 Å². The number of amides is 2. The molecule has 1 atom stereocenters. The Kier molecular flexibility index (Phi) is 6.35. The minimum atomic E-state index is -0.204. The Labute approximate surface area is 191 Å². The smallest absolute Gasteiger partial charge is 0.255 e. The van der Waals surface area contributed by atoms with Crippen molar-refractivity contribution in [1.82, 2.24) is 0 Å². The second-order valence-electron chi connectivity index (χ2n) is 7.76. The van der Waals surface area contributed by atoms with Gasteiger partial charge in [-0.25, -0.2) is 0 Å². The van der Waals surface area contributed by atoms with Crippen LogP contribution < -0.4 is 10.2 Å². The zero-order valence-electron chi connectivity index (χ0n) is 17.3. The van der Waals surface area contributed by atoms with E-state index in [0.29, 0.717) is 27.9 Å². The topological polar surface area (TPSA) is 49.4 Å². The number of hydrogen-bond acceptors (Lipinski definition) is 3. The quantitative estimate of drug-likeness (QED) is 0.483. The molecule has 3 aromatic carbocycles. The van der Waals surface area contributed by atoms with Gasteiger partial charge in [0.05, 0.1) is 5.75 Å². The molecule has 1 aliphatic rings. The van der Waals surface area contributed by atoms with E-state index in [1.54, 1.807) is 36.0 Å². The van der Waals surface area contributed by atoms with Gasteiger partial charge in [0, 0.05) is 22.0 Å². The summed E-state index contributed by atoms with van der Waals surface area (Å²) in [6.07, 6.45) is 0. The number of benzene rings is 3. The summed E-state index contributed by atoms with van der Waals surface area (Å²) < 4.78 is 0. The number of nitrogens with zero attached hydrogens (tertiary/aromatic N) is 1. The van der Waals surface area contributed by atoms with Gasteiger partial charge in [-0.15, -0.1) is 11.8 Å². The zero-order valence-corrected chi connectivity index (χ0v) is 18.9. The summed E-state index contributed by atoms with van der Waals surface area (Å²) in [6.45, 7) is 4.30. The molecule has 6 heteroatoms. The molecule has 1 saturated heterocycles. The third-order valence-corrected chi connectivity index (χ3v) is 6.71. The molecule has 0 aromatic heterocycles. The average Bonchev–Trinajstić information content (AvgIpc) is 3.16. The fourth-order valence-corrected chi connectivity index (χ4v) is 4.84. The summed E-state index contributed by atoms with van der Waals surface area (Å²) >= 11 is 7.50.